The molecule has 6 radical (unpaired) electrons. The molecule has 0 atom stereocenters. The second-order valence-electron chi connectivity index (χ2n) is 0. The topological polar surface area (TPSA) is 46.1 Å². The molecule has 0 rings (SSSR count). The fourth-order valence-corrected chi connectivity index (χ4v) is 0. The van der Waals surface area contributed by atoms with Gasteiger partial charge in [0.15, 0.2) is 0 Å². The average molecular weight is 132 g/mol. The Bertz CT molecular complexity index is 9.51. The fraction of sp³-hybridized carbons (Fsp3) is 0. The average Bonchev–Trinajstić information content (AvgIpc) is 1.00. The van der Waals surface area contributed by atoms with Gasteiger partial charge in [0.1, 0.15) is 0 Å². The second-order valence-corrected chi connectivity index (χ2v) is 0. The van der Waals surface area contributed by atoms with E-state index in [9.17, 15) is 0 Å². The van der Waals surface area contributed by atoms with Gasteiger partial charge in [0.2, 0.25) is 0 Å². The van der Waals surface area contributed by atoms with Gasteiger partial charge < -0.3 is 10.5 Å². The molecule has 2 nitrogen and oxygen atoms in total. The van der Waals surface area contributed by atoms with Crippen LogP contribution in [0.4, 0.5) is 0 Å². The van der Waals surface area contributed by atoms with Crippen LogP contribution in [0.3, 0.4) is 0 Å². The van der Waals surface area contributed by atoms with Crippen molar-refractivity contribution in [1.29, 1.82) is 0 Å². The fourth-order valence-electron chi connectivity index (χ4n) is 0. The van der Waals surface area contributed by atoms with Crippen LogP contribution >= 0.6 is 0 Å². The second kappa shape index (κ2) is 43.7. The summed E-state index contributed by atoms with van der Waals surface area (Å²) in [5.41, 5.74) is 0. The Labute approximate surface area is 102 Å². The number of rotatable bonds is 0. The molecule has 0 aliphatic heterocycles. The van der Waals surface area contributed by atoms with Crippen molar-refractivity contribution in [2.75, 3.05) is 0 Å². The summed E-state index contributed by atoms with van der Waals surface area (Å²) in [4.78, 5) is 0. The van der Waals surface area contributed by atoms with Gasteiger partial charge in [0.05, 0.1) is 0 Å². The molecular formula is Al2Na2O2. The van der Waals surface area contributed by atoms with Crippen molar-refractivity contribution in [1.82, 2.24) is 0 Å². The van der Waals surface area contributed by atoms with Crippen molar-refractivity contribution in [3.63, 3.8) is 0 Å². The van der Waals surface area contributed by atoms with Crippen LogP contribution in [0.5, 0.6) is 0 Å². The molecule has 0 aromatic rings. The Morgan fingerprint density at radius 2 is 0.667 bits per heavy atom. The minimum absolute atomic E-state index is 0. The molecule has 0 amide bonds. The Hall–Kier alpha value is 2.98. The van der Waals surface area contributed by atoms with Crippen molar-refractivity contribution in [3.8, 4) is 0 Å². The SMILES string of the molecule is [Al].[Al].[Na+].[Na+].[O-][O-]. The minimum Gasteiger partial charge on any atom is -1.00 e. The quantitative estimate of drug-likeness (QED) is 0.186. The zero-order chi connectivity index (χ0) is 2.00. The van der Waals surface area contributed by atoms with E-state index in [1.54, 1.807) is 0 Å². The molecule has 0 spiro atoms. The van der Waals surface area contributed by atoms with Crippen LogP contribution in [0.25, 0.3) is 0 Å². The summed E-state index contributed by atoms with van der Waals surface area (Å²) in [6.07, 6.45) is 0. The van der Waals surface area contributed by atoms with E-state index in [0.717, 1.165) is 0 Å². The maximum Gasteiger partial charge on any atom is 1.00 e. The van der Waals surface area contributed by atoms with Crippen molar-refractivity contribution in [2.24, 2.45) is 0 Å². The van der Waals surface area contributed by atoms with Gasteiger partial charge in [-0.25, -0.2) is 0 Å². The maximum atomic E-state index is 7.00. The molecule has 0 saturated carbocycles. The summed E-state index contributed by atoms with van der Waals surface area (Å²) < 4.78 is 0. The first-order valence-corrected chi connectivity index (χ1v) is 0.167. The van der Waals surface area contributed by atoms with E-state index < -0.39 is 0 Å². The first-order valence-electron chi connectivity index (χ1n) is 0.167. The third kappa shape index (κ3) is 28.1. The first kappa shape index (κ1) is 36.1. The van der Waals surface area contributed by atoms with Crippen LogP contribution in [-0.4, -0.2) is 34.7 Å². The normalized spacial score (nSPS) is 1.00. The predicted octanol–water partition coefficient (Wildman–Crippen LogP) is -9.13. The van der Waals surface area contributed by atoms with Crippen LogP contribution < -0.4 is 69.6 Å². The van der Waals surface area contributed by atoms with Crippen molar-refractivity contribution >= 4 is 34.7 Å². The first-order chi connectivity index (χ1) is 1.00. The van der Waals surface area contributed by atoms with Crippen LogP contribution in [-0.2, 0) is 0 Å². The van der Waals surface area contributed by atoms with Gasteiger partial charge in [0, 0.05) is 34.7 Å². The van der Waals surface area contributed by atoms with Crippen molar-refractivity contribution in [3.05, 3.63) is 0 Å². The van der Waals surface area contributed by atoms with Crippen molar-refractivity contribution < 1.29 is 69.6 Å². The molecule has 0 unspecified atom stereocenters. The van der Waals surface area contributed by atoms with Gasteiger partial charge in [-0.05, 0) is 0 Å². The zero-order valence-electron chi connectivity index (χ0n) is 3.97. The predicted molar refractivity (Wildman–Crippen MR) is 11.5 cm³/mol. The summed E-state index contributed by atoms with van der Waals surface area (Å²) in [6.45, 7) is 0. The van der Waals surface area contributed by atoms with Crippen LogP contribution in [0.2, 0.25) is 0 Å². The summed E-state index contributed by atoms with van der Waals surface area (Å²) in [5, 5.41) is 14.0. The molecule has 0 heterocycles. The molecular weight excluding hydrogens is 132 g/mol. The van der Waals surface area contributed by atoms with E-state index in [2.05, 4.69) is 0 Å². The van der Waals surface area contributed by atoms with E-state index in [1.807, 2.05) is 0 Å². The largest absolute Gasteiger partial charge is 1.00 e. The van der Waals surface area contributed by atoms with E-state index in [0.29, 0.717) is 0 Å². The Morgan fingerprint density at radius 3 is 0.667 bits per heavy atom. The molecule has 0 aromatic heterocycles. The third-order valence-corrected chi connectivity index (χ3v) is 0. The van der Waals surface area contributed by atoms with Gasteiger partial charge in [0.25, 0.3) is 0 Å². The molecule has 20 valence electrons. The van der Waals surface area contributed by atoms with E-state index >= 15 is 0 Å². The zero-order valence-corrected chi connectivity index (χ0v) is 10.3. The molecule has 0 fully saturated rings. The summed E-state index contributed by atoms with van der Waals surface area (Å²) in [7, 11) is 0. The molecule has 0 aliphatic rings. The number of hydrogen-bond donors (Lipinski definition) is 0. The van der Waals surface area contributed by atoms with E-state index in [-0.39, 0.29) is 93.8 Å². The Kier molecular flexibility index (Phi) is 263. The van der Waals surface area contributed by atoms with E-state index in [4.69, 9.17) is 10.5 Å². The molecule has 6 heteroatoms. The molecule has 0 aromatic carbocycles. The summed E-state index contributed by atoms with van der Waals surface area (Å²) >= 11 is 0. The molecule has 0 bridgehead atoms. The van der Waals surface area contributed by atoms with Gasteiger partial charge in [-0.3, -0.25) is 0 Å². The monoisotopic (exact) mass is 132 g/mol. The molecule has 0 N–H and O–H groups in total. The summed E-state index contributed by atoms with van der Waals surface area (Å²) in [6, 6.07) is 0. The Balaban J connectivity index is -0.000000000833. The third-order valence-electron chi connectivity index (χ3n) is 0. The van der Waals surface area contributed by atoms with Gasteiger partial charge >= 0.3 is 59.1 Å². The smallest absolute Gasteiger partial charge is 1.00 e. The van der Waals surface area contributed by atoms with Crippen LogP contribution in [0, 0.1) is 0 Å². The minimum atomic E-state index is 0. The molecule has 0 aliphatic carbocycles. The molecule has 0 saturated heterocycles. The van der Waals surface area contributed by atoms with Gasteiger partial charge in [-0.2, -0.15) is 0 Å². The number of hydrogen-bond acceptors (Lipinski definition) is 2. The van der Waals surface area contributed by atoms with Gasteiger partial charge in [-0.15, -0.1) is 0 Å². The Morgan fingerprint density at radius 1 is 0.667 bits per heavy atom. The van der Waals surface area contributed by atoms with Crippen LogP contribution in [0.15, 0.2) is 0 Å². The van der Waals surface area contributed by atoms with Gasteiger partial charge in [-0.1, -0.05) is 0 Å². The van der Waals surface area contributed by atoms with Crippen LogP contribution in [0.1, 0.15) is 0 Å². The standard InChI is InChI=1S/2Al.2Na.O2/c;;;;1-2/q;;2*+1;-2. The van der Waals surface area contributed by atoms with E-state index in [1.165, 1.54) is 0 Å². The summed E-state index contributed by atoms with van der Waals surface area (Å²) in [5.74, 6) is 0. The molecule has 6 heavy (non-hydrogen) atoms. The maximum absolute atomic E-state index is 7.00. The van der Waals surface area contributed by atoms with Crippen molar-refractivity contribution in [2.45, 2.75) is 0 Å².